The molecule has 0 N–H and O–H groups in total. The summed E-state index contributed by atoms with van der Waals surface area (Å²) in [5, 5.41) is 0. The third-order valence-corrected chi connectivity index (χ3v) is 5.42. The first-order chi connectivity index (χ1) is 10.6. The van der Waals surface area contributed by atoms with Gasteiger partial charge in [-0.1, -0.05) is 6.07 Å². The molecule has 0 aromatic carbocycles. The Hall–Kier alpha value is -1.99. The van der Waals surface area contributed by atoms with Crippen LogP contribution in [0.1, 0.15) is 18.4 Å². The molecule has 1 aliphatic carbocycles. The minimum atomic E-state index is -3.57. The summed E-state index contributed by atoms with van der Waals surface area (Å²) in [6.45, 7) is 0.326. The molecule has 2 aromatic heterocycles. The Labute approximate surface area is 129 Å². The number of methoxy groups -OCH3 is 1. The second-order valence-corrected chi connectivity index (χ2v) is 7.07. The summed E-state index contributed by atoms with van der Waals surface area (Å²) in [7, 11) is -2.08. The van der Waals surface area contributed by atoms with Gasteiger partial charge < -0.3 is 4.74 Å². The van der Waals surface area contributed by atoms with E-state index in [1.807, 2.05) is 12.1 Å². The van der Waals surface area contributed by atoms with Crippen molar-refractivity contribution in [3.8, 4) is 5.88 Å². The molecule has 7 heteroatoms. The molecular weight excluding hydrogens is 302 g/mol. The summed E-state index contributed by atoms with van der Waals surface area (Å²) in [6.07, 6.45) is 6.49. The standard InChI is InChI=1S/C15H17N3O3S/c1-21-15-7-6-14(10-17-15)22(19,20)18(13-4-5-13)11-12-3-2-8-16-9-12/h2-3,6-10,13H,4-5,11H2,1H3. The van der Waals surface area contributed by atoms with Gasteiger partial charge in [-0.3, -0.25) is 4.98 Å². The summed E-state index contributed by atoms with van der Waals surface area (Å²) in [4.78, 5) is 8.22. The zero-order valence-electron chi connectivity index (χ0n) is 12.2. The molecule has 22 heavy (non-hydrogen) atoms. The van der Waals surface area contributed by atoms with Crippen LogP contribution in [0.3, 0.4) is 0 Å². The maximum atomic E-state index is 12.8. The summed E-state index contributed by atoms with van der Waals surface area (Å²) in [5.41, 5.74) is 0.874. The molecule has 0 spiro atoms. The van der Waals surface area contributed by atoms with E-state index in [0.717, 1.165) is 18.4 Å². The van der Waals surface area contributed by atoms with Crippen molar-refractivity contribution in [3.63, 3.8) is 0 Å². The van der Waals surface area contributed by atoms with Gasteiger partial charge in [-0.05, 0) is 30.5 Å². The highest BCUT2D eigenvalue weighted by Gasteiger charge is 2.38. The second kappa shape index (κ2) is 6.02. The van der Waals surface area contributed by atoms with Crippen molar-refractivity contribution in [3.05, 3.63) is 48.4 Å². The third kappa shape index (κ3) is 3.10. The molecule has 0 aliphatic heterocycles. The molecule has 1 aliphatic rings. The molecule has 1 saturated carbocycles. The van der Waals surface area contributed by atoms with Crippen molar-refractivity contribution < 1.29 is 13.2 Å². The minimum Gasteiger partial charge on any atom is -0.481 e. The van der Waals surface area contributed by atoms with Crippen LogP contribution in [0.5, 0.6) is 5.88 Å². The van der Waals surface area contributed by atoms with Crippen LogP contribution in [0.25, 0.3) is 0 Å². The van der Waals surface area contributed by atoms with Gasteiger partial charge in [0.05, 0.1) is 13.3 Å². The van der Waals surface area contributed by atoms with Crippen LogP contribution >= 0.6 is 0 Å². The number of rotatable bonds is 6. The van der Waals surface area contributed by atoms with E-state index in [0.29, 0.717) is 12.4 Å². The van der Waals surface area contributed by atoms with Crippen LogP contribution in [0.15, 0.2) is 47.8 Å². The van der Waals surface area contributed by atoms with Crippen molar-refractivity contribution in [2.75, 3.05) is 7.11 Å². The lowest BCUT2D eigenvalue weighted by Crippen LogP contribution is -2.32. The highest BCUT2D eigenvalue weighted by Crippen LogP contribution is 2.33. The van der Waals surface area contributed by atoms with Crippen LogP contribution in [-0.2, 0) is 16.6 Å². The number of ether oxygens (including phenoxy) is 1. The van der Waals surface area contributed by atoms with Gasteiger partial charge in [0, 0.05) is 31.0 Å². The topological polar surface area (TPSA) is 72.4 Å². The minimum absolute atomic E-state index is 0.0623. The first-order valence-electron chi connectivity index (χ1n) is 7.02. The number of hydrogen-bond donors (Lipinski definition) is 0. The maximum Gasteiger partial charge on any atom is 0.245 e. The zero-order chi connectivity index (χ0) is 15.6. The average molecular weight is 319 g/mol. The van der Waals surface area contributed by atoms with Gasteiger partial charge >= 0.3 is 0 Å². The smallest absolute Gasteiger partial charge is 0.245 e. The molecule has 0 radical (unpaired) electrons. The van der Waals surface area contributed by atoms with E-state index in [9.17, 15) is 8.42 Å². The molecule has 2 heterocycles. The molecule has 0 bridgehead atoms. The predicted molar refractivity (Wildman–Crippen MR) is 80.8 cm³/mol. The van der Waals surface area contributed by atoms with E-state index in [1.54, 1.807) is 18.5 Å². The van der Waals surface area contributed by atoms with Gasteiger partial charge in [0.2, 0.25) is 15.9 Å². The first-order valence-corrected chi connectivity index (χ1v) is 8.46. The quantitative estimate of drug-likeness (QED) is 0.812. The first kappa shape index (κ1) is 14.9. The molecule has 0 amide bonds. The lowest BCUT2D eigenvalue weighted by Gasteiger charge is -2.21. The molecule has 0 atom stereocenters. The van der Waals surface area contributed by atoms with Crippen molar-refractivity contribution in [2.24, 2.45) is 0 Å². The lowest BCUT2D eigenvalue weighted by atomic mass is 10.3. The average Bonchev–Trinajstić information content (AvgIpc) is 3.38. The number of nitrogens with zero attached hydrogens (tertiary/aromatic N) is 3. The fourth-order valence-corrected chi connectivity index (χ4v) is 3.84. The Balaban J connectivity index is 1.89. The molecule has 2 aromatic rings. The van der Waals surface area contributed by atoms with Gasteiger partial charge in [-0.2, -0.15) is 4.31 Å². The monoisotopic (exact) mass is 319 g/mol. The van der Waals surface area contributed by atoms with Gasteiger partial charge in [-0.15, -0.1) is 0 Å². The molecule has 0 saturated heterocycles. The Morgan fingerprint density at radius 2 is 2.09 bits per heavy atom. The Morgan fingerprint density at radius 1 is 1.27 bits per heavy atom. The van der Waals surface area contributed by atoms with E-state index >= 15 is 0 Å². The second-order valence-electron chi connectivity index (χ2n) is 5.18. The van der Waals surface area contributed by atoms with Crippen molar-refractivity contribution in [1.29, 1.82) is 0 Å². The van der Waals surface area contributed by atoms with E-state index in [4.69, 9.17) is 4.74 Å². The predicted octanol–water partition coefficient (Wildman–Crippen LogP) is 1.84. The van der Waals surface area contributed by atoms with Crippen molar-refractivity contribution in [1.82, 2.24) is 14.3 Å². The van der Waals surface area contributed by atoms with Crippen molar-refractivity contribution >= 4 is 10.0 Å². The maximum absolute atomic E-state index is 12.8. The lowest BCUT2D eigenvalue weighted by molar-refractivity contribution is 0.392. The highest BCUT2D eigenvalue weighted by atomic mass is 32.2. The van der Waals surface area contributed by atoms with E-state index in [1.165, 1.54) is 23.7 Å². The van der Waals surface area contributed by atoms with Crippen LogP contribution in [0, 0.1) is 0 Å². The Morgan fingerprint density at radius 3 is 2.64 bits per heavy atom. The Bertz CT molecular complexity index is 728. The third-order valence-electron chi connectivity index (χ3n) is 3.54. The molecule has 3 rings (SSSR count). The zero-order valence-corrected chi connectivity index (χ0v) is 13.0. The number of sulfonamides is 1. The summed E-state index contributed by atoms with van der Waals surface area (Å²) in [6, 6.07) is 6.83. The summed E-state index contributed by atoms with van der Waals surface area (Å²) >= 11 is 0. The van der Waals surface area contributed by atoms with Gasteiger partial charge in [0.1, 0.15) is 4.90 Å². The molecule has 116 valence electrons. The normalized spacial score (nSPS) is 15.0. The molecule has 1 fully saturated rings. The number of pyridine rings is 2. The van der Waals surface area contributed by atoms with E-state index in [2.05, 4.69) is 9.97 Å². The van der Waals surface area contributed by atoms with E-state index < -0.39 is 10.0 Å². The van der Waals surface area contributed by atoms with Crippen molar-refractivity contribution in [2.45, 2.75) is 30.3 Å². The van der Waals surface area contributed by atoms with Crippen LogP contribution < -0.4 is 4.74 Å². The fraction of sp³-hybridized carbons (Fsp3) is 0.333. The summed E-state index contributed by atoms with van der Waals surface area (Å²) < 4.78 is 32.2. The SMILES string of the molecule is COc1ccc(S(=O)(=O)N(Cc2cccnc2)C2CC2)cn1. The van der Waals surface area contributed by atoms with Gasteiger partial charge in [-0.25, -0.2) is 13.4 Å². The summed E-state index contributed by atoms with van der Waals surface area (Å²) in [5.74, 6) is 0.393. The number of hydrogen-bond acceptors (Lipinski definition) is 5. The van der Waals surface area contributed by atoms with E-state index in [-0.39, 0.29) is 10.9 Å². The van der Waals surface area contributed by atoms with Gasteiger partial charge in [0.25, 0.3) is 0 Å². The molecule has 0 unspecified atom stereocenters. The fourth-order valence-electron chi connectivity index (χ4n) is 2.22. The largest absolute Gasteiger partial charge is 0.481 e. The van der Waals surface area contributed by atoms with Gasteiger partial charge in [0.15, 0.2) is 0 Å². The molecular formula is C15H17N3O3S. The number of aromatic nitrogens is 2. The molecule has 6 nitrogen and oxygen atoms in total. The Kier molecular flexibility index (Phi) is 4.08. The van der Waals surface area contributed by atoms with Crippen LogP contribution in [0.4, 0.5) is 0 Å². The highest BCUT2D eigenvalue weighted by molar-refractivity contribution is 7.89. The van der Waals surface area contributed by atoms with Crippen LogP contribution in [0.2, 0.25) is 0 Å². The van der Waals surface area contributed by atoms with Crippen LogP contribution in [-0.4, -0.2) is 35.8 Å².